The van der Waals surface area contributed by atoms with Crippen LogP contribution in [0.15, 0.2) is 24.3 Å². The molecular weight excluding hydrogens is 383 g/mol. The third kappa shape index (κ3) is 4.07. The molecule has 1 aromatic carbocycles. The molecule has 2 saturated heterocycles. The fourth-order valence-corrected chi connectivity index (χ4v) is 3.00. The van der Waals surface area contributed by atoms with Gasteiger partial charge in [-0.2, -0.15) is 13.2 Å². The van der Waals surface area contributed by atoms with Gasteiger partial charge in [-0.15, -0.1) is 0 Å². The van der Waals surface area contributed by atoms with E-state index in [2.05, 4.69) is 5.32 Å². The molecule has 11 heteroatoms. The number of hydrogen-bond donors (Lipinski definition) is 1. The summed E-state index contributed by atoms with van der Waals surface area (Å²) in [6.07, 6.45) is -4.80. The summed E-state index contributed by atoms with van der Waals surface area (Å²) in [4.78, 5) is 49.5. The van der Waals surface area contributed by atoms with Crippen LogP contribution in [0.25, 0.3) is 0 Å². The lowest BCUT2D eigenvalue weighted by molar-refractivity contribution is -0.154. The number of ether oxygens (including phenoxy) is 1. The first-order chi connectivity index (χ1) is 13.2. The predicted molar refractivity (Wildman–Crippen MR) is 88.0 cm³/mol. The lowest BCUT2D eigenvalue weighted by atomic mass is 10.1. The summed E-state index contributed by atoms with van der Waals surface area (Å²) in [7, 11) is 0. The maximum absolute atomic E-state index is 12.8. The first-order valence-corrected chi connectivity index (χ1v) is 8.39. The Labute approximate surface area is 157 Å². The molecular formula is C17H16F3N3O5. The summed E-state index contributed by atoms with van der Waals surface area (Å²) >= 11 is 0. The fraction of sp³-hybridized carbons (Fsp3) is 0.412. The molecule has 2 heterocycles. The number of urea groups is 1. The summed E-state index contributed by atoms with van der Waals surface area (Å²) in [5.41, 5.74) is -0.877. The van der Waals surface area contributed by atoms with E-state index < -0.39 is 48.1 Å². The fourth-order valence-electron chi connectivity index (χ4n) is 3.00. The molecule has 28 heavy (non-hydrogen) atoms. The van der Waals surface area contributed by atoms with Gasteiger partial charge >= 0.3 is 18.2 Å². The second-order valence-corrected chi connectivity index (χ2v) is 6.34. The van der Waals surface area contributed by atoms with E-state index in [-0.39, 0.29) is 25.2 Å². The highest BCUT2D eigenvalue weighted by Crippen LogP contribution is 2.33. The van der Waals surface area contributed by atoms with Crippen molar-refractivity contribution in [3.05, 3.63) is 29.8 Å². The number of hydrogen-bond acceptors (Lipinski definition) is 5. The highest BCUT2D eigenvalue weighted by Gasteiger charge is 2.38. The molecule has 0 unspecified atom stereocenters. The largest absolute Gasteiger partial charge is 0.455 e. The van der Waals surface area contributed by atoms with E-state index in [1.807, 2.05) is 0 Å². The van der Waals surface area contributed by atoms with E-state index in [1.54, 1.807) is 0 Å². The number of carbonyl (C=O) groups excluding carboxylic acids is 4. The van der Waals surface area contributed by atoms with E-state index in [1.165, 1.54) is 12.1 Å². The van der Waals surface area contributed by atoms with Gasteiger partial charge in [-0.3, -0.25) is 19.3 Å². The van der Waals surface area contributed by atoms with Gasteiger partial charge in [0.2, 0.25) is 5.91 Å². The van der Waals surface area contributed by atoms with Gasteiger partial charge in [-0.1, -0.05) is 6.07 Å². The first-order valence-electron chi connectivity index (χ1n) is 8.39. The van der Waals surface area contributed by atoms with Gasteiger partial charge in [0.25, 0.3) is 5.91 Å². The van der Waals surface area contributed by atoms with Gasteiger partial charge in [0.05, 0.1) is 11.5 Å². The van der Waals surface area contributed by atoms with Crippen LogP contribution in [-0.2, 0) is 25.3 Å². The number of nitrogens with one attached hydrogen (secondary N) is 1. The maximum Gasteiger partial charge on any atom is 0.416 e. The van der Waals surface area contributed by atoms with Crippen LogP contribution in [0, 0.1) is 5.92 Å². The molecule has 2 aliphatic heterocycles. The van der Waals surface area contributed by atoms with E-state index in [0.29, 0.717) is 6.54 Å². The second-order valence-electron chi connectivity index (χ2n) is 6.34. The first kappa shape index (κ1) is 19.6. The highest BCUT2D eigenvalue weighted by molar-refractivity contribution is 6.00. The van der Waals surface area contributed by atoms with Crippen molar-refractivity contribution >= 4 is 29.5 Å². The Hall–Kier alpha value is -3.11. The highest BCUT2D eigenvalue weighted by atomic mass is 19.4. The molecule has 2 aliphatic rings. The zero-order valence-corrected chi connectivity index (χ0v) is 14.5. The van der Waals surface area contributed by atoms with Crippen molar-refractivity contribution in [2.45, 2.75) is 12.6 Å². The van der Waals surface area contributed by atoms with Gasteiger partial charge in [0, 0.05) is 31.7 Å². The van der Waals surface area contributed by atoms with Crippen LogP contribution < -0.4 is 10.2 Å². The van der Waals surface area contributed by atoms with Crippen molar-refractivity contribution in [2.24, 2.45) is 5.92 Å². The van der Waals surface area contributed by atoms with Gasteiger partial charge in [0.1, 0.15) is 0 Å². The summed E-state index contributed by atoms with van der Waals surface area (Å²) < 4.78 is 43.4. The van der Waals surface area contributed by atoms with Crippen molar-refractivity contribution in [2.75, 3.05) is 31.1 Å². The lowest BCUT2D eigenvalue weighted by Gasteiger charge is -2.18. The average Bonchev–Trinajstić information content (AvgIpc) is 3.24. The number of rotatable bonds is 4. The molecule has 4 amide bonds. The zero-order valence-electron chi connectivity index (χ0n) is 14.5. The Morgan fingerprint density at radius 3 is 2.64 bits per heavy atom. The van der Waals surface area contributed by atoms with Gasteiger partial charge < -0.3 is 15.0 Å². The summed E-state index contributed by atoms with van der Waals surface area (Å²) in [6, 6.07) is 3.66. The van der Waals surface area contributed by atoms with E-state index >= 15 is 0 Å². The number of nitrogens with zero attached hydrogens (tertiary/aromatic N) is 2. The number of esters is 1. The van der Waals surface area contributed by atoms with E-state index in [9.17, 15) is 32.3 Å². The number of benzene rings is 1. The monoisotopic (exact) mass is 399 g/mol. The number of halogens is 3. The predicted octanol–water partition coefficient (Wildman–Crippen LogP) is 1.15. The normalized spacial score (nSPS) is 19.8. The molecule has 0 radical (unpaired) electrons. The zero-order chi connectivity index (χ0) is 20.5. The number of imide groups is 1. The molecule has 0 aliphatic carbocycles. The summed E-state index contributed by atoms with van der Waals surface area (Å²) in [5.74, 6) is -2.95. The van der Waals surface area contributed by atoms with Crippen LogP contribution in [0.2, 0.25) is 0 Å². The van der Waals surface area contributed by atoms with Crippen LogP contribution in [0.4, 0.5) is 23.7 Å². The summed E-state index contributed by atoms with van der Waals surface area (Å²) in [5, 5.41) is 2.43. The average molecular weight is 399 g/mol. The number of carbonyl (C=O) groups is 4. The molecule has 0 bridgehead atoms. The van der Waals surface area contributed by atoms with Crippen molar-refractivity contribution in [3.8, 4) is 0 Å². The van der Waals surface area contributed by atoms with E-state index in [0.717, 1.165) is 21.9 Å². The number of alkyl halides is 3. The SMILES string of the molecule is O=C(OCC(=O)N1CCNC1=O)[C@H]1CC(=O)N(c2cccc(C(F)(F)F)c2)C1. The molecule has 1 atom stereocenters. The van der Waals surface area contributed by atoms with Crippen molar-refractivity contribution < 1.29 is 37.1 Å². The standard InChI is InChI=1S/C17H16F3N3O5/c18-17(19,20)11-2-1-3-12(7-11)23-8-10(6-13(23)24)15(26)28-9-14(25)22-5-4-21-16(22)27/h1-3,7,10H,4-6,8-9H2,(H,21,27)/t10-/m0/s1. The number of amides is 4. The Morgan fingerprint density at radius 2 is 2.00 bits per heavy atom. The van der Waals surface area contributed by atoms with Crippen LogP contribution in [0.3, 0.4) is 0 Å². The molecule has 2 fully saturated rings. The summed E-state index contributed by atoms with van der Waals surface area (Å²) in [6.45, 7) is -0.333. The minimum Gasteiger partial charge on any atom is -0.455 e. The molecule has 150 valence electrons. The van der Waals surface area contributed by atoms with Crippen LogP contribution in [0.5, 0.6) is 0 Å². The van der Waals surface area contributed by atoms with Gasteiger partial charge in [-0.25, -0.2) is 4.79 Å². The molecule has 8 nitrogen and oxygen atoms in total. The molecule has 1 N–H and O–H groups in total. The Balaban J connectivity index is 1.60. The van der Waals surface area contributed by atoms with Crippen molar-refractivity contribution in [1.29, 1.82) is 0 Å². The Bertz CT molecular complexity index is 827. The van der Waals surface area contributed by atoms with Crippen LogP contribution in [0.1, 0.15) is 12.0 Å². The minimum absolute atomic E-state index is 0.0277. The molecule has 0 aromatic heterocycles. The third-order valence-corrected chi connectivity index (χ3v) is 4.44. The van der Waals surface area contributed by atoms with Crippen LogP contribution >= 0.6 is 0 Å². The number of anilines is 1. The molecule has 3 rings (SSSR count). The smallest absolute Gasteiger partial charge is 0.416 e. The van der Waals surface area contributed by atoms with Crippen molar-refractivity contribution in [3.63, 3.8) is 0 Å². The quantitative estimate of drug-likeness (QED) is 0.767. The molecule has 0 saturated carbocycles. The molecule has 1 aromatic rings. The van der Waals surface area contributed by atoms with Crippen molar-refractivity contribution in [1.82, 2.24) is 10.2 Å². The van der Waals surface area contributed by atoms with Gasteiger partial charge in [-0.05, 0) is 18.2 Å². The maximum atomic E-state index is 12.8. The second kappa shape index (κ2) is 7.49. The van der Waals surface area contributed by atoms with E-state index in [4.69, 9.17) is 4.74 Å². The van der Waals surface area contributed by atoms with Gasteiger partial charge in [0.15, 0.2) is 6.61 Å². The Kier molecular flexibility index (Phi) is 5.25. The lowest BCUT2D eigenvalue weighted by Crippen LogP contribution is -2.38. The third-order valence-electron chi connectivity index (χ3n) is 4.44. The Morgan fingerprint density at radius 1 is 1.25 bits per heavy atom. The van der Waals surface area contributed by atoms with Crippen LogP contribution in [-0.4, -0.2) is 55.0 Å². The molecule has 0 spiro atoms. The topological polar surface area (TPSA) is 96.0 Å². The minimum atomic E-state index is -4.56.